The number of methoxy groups -OCH3 is 1. The number of rotatable bonds is 6. The molecule has 0 N–H and O–H groups in total. The van der Waals surface area contributed by atoms with Crippen LogP contribution in [0.25, 0.3) is 0 Å². The highest BCUT2D eigenvalue weighted by atomic mass is 16.5. The molecule has 1 heterocycles. The summed E-state index contributed by atoms with van der Waals surface area (Å²) in [5.41, 5.74) is 1.03. The van der Waals surface area contributed by atoms with E-state index in [1.165, 1.54) is 4.90 Å². The highest BCUT2D eigenvalue weighted by Gasteiger charge is 2.32. The van der Waals surface area contributed by atoms with Gasteiger partial charge >= 0.3 is 0 Å². The molecule has 1 saturated heterocycles. The van der Waals surface area contributed by atoms with E-state index in [-0.39, 0.29) is 17.7 Å². The van der Waals surface area contributed by atoms with Crippen LogP contribution in [0.3, 0.4) is 0 Å². The van der Waals surface area contributed by atoms with Crippen molar-refractivity contribution in [3.05, 3.63) is 29.8 Å². The quantitative estimate of drug-likeness (QED) is 0.597. The first-order valence-electron chi connectivity index (χ1n) is 7.62. The van der Waals surface area contributed by atoms with E-state index in [1.54, 1.807) is 7.11 Å². The Morgan fingerprint density at radius 2 is 1.71 bits per heavy atom. The minimum Gasteiger partial charge on any atom is -0.497 e. The van der Waals surface area contributed by atoms with Crippen molar-refractivity contribution >= 4 is 11.8 Å². The zero-order valence-corrected chi connectivity index (χ0v) is 12.8. The number of carbonyl (C=O) groups excluding carboxylic acids is 2. The lowest BCUT2D eigenvalue weighted by Gasteiger charge is -2.30. The van der Waals surface area contributed by atoms with Crippen LogP contribution in [0.5, 0.6) is 5.75 Å². The van der Waals surface area contributed by atoms with Gasteiger partial charge in [-0.25, -0.2) is 0 Å². The molecule has 0 aromatic heterocycles. The first kappa shape index (κ1) is 15.5. The Hall–Kier alpha value is -1.84. The molecular formula is C17H23NO3. The Labute approximate surface area is 126 Å². The van der Waals surface area contributed by atoms with E-state index >= 15 is 0 Å². The van der Waals surface area contributed by atoms with Gasteiger partial charge in [-0.2, -0.15) is 0 Å². The van der Waals surface area contributed by atoms with Crippen molar-refractivity contribution < 1.29 is 14.3 Å². The minimum absolute atomic E-state index is 0.00155. The average molecular weight is 289 g/mol. The van der Waals surface area contributed by atoms with Gasteiger partial charge in [0.25, 0.3) is 0 Å². The standard InChI is InChI=1S/C17H23NO3/c1-3-4-5-10-18-16(19)11-14(12-17(18)20)13-6-8-15(21-2)9-7-13/h6-9,14H,3-5,10-12H2,1-2H3. The van der Waals surface area contributed by atoms with Crippen LogP contribution in [-0.4, -0.2) is 30.4 Å². The summed E-state index contributed by atoms with van der Waals surface area (Å²) in [6.07, 6.45) is 3.89. The number of carbonyl (C=O) groups is 2. The van der Waals surface area contributed by atoms with Gasteiger partial charge in [0.15, 0.2) is 0 Å². The van der Waals surface area contributed by atoms with E-state index in [0.29, 0.717) is 19.4 Å². The number of likely N-dealkylation sites (tertiary alicyclic amines) is 1. The molecule has 0 bridgehead atoms. The van der Waals surface area contributed by atoms with Gasteiger partial charge in [0.1, 0.15) is 5.75 Å². The number of benzene rings is 1. The molecular weight excluding hydrogens is 266 g/mol. The van der Waals surface area contributed by atoms with E-state index in [4.69, 9.17) is 4.74 Å². The number of unbranched alkanes of at least 4 members (excludes halogenated alkanes) is 2. The fourth-order valence-corrected chi connectivity index (χ4v) is 2.73. The fraction of sp³-hybridized carbons (Fsp3) is 0.529. The Morgan fingerprint density at radius 1 is 1.10 bits per heavy atom. The SMILES string of the molecule is CCCCCN1C(=O)CC(c2ccc(OC)cc2)CC1=O. The average Bonchev–Trinajstić information content (AvgIpc) is 2.50. The molecule has 0 saturated carbocycles. The molecule has 1 aromatic carbocycles. The van der Waals surface area contributed by atoms with Crippen molar-refractivity contribution in [2.75, 3.05) is 13.7 Å². The summed E-state index contributed by atoms with van der Waals surface area (Å²) in [6, 6.07) is 7.63. The number of amides is 2. The minimum atomic E-state index is -0.0387. The molecule has 0 spiro atoms. The summed E-state index contributed by atoms with van der Waals surface area (Å²) in [5, 5.41) is 0. The monoisotopic (exact) mass is 289 g/mol. The summed E-state index contributed by atoms with van der Waals surface area (Å²) in [6.45, 7) is 2.68. The van der Waals surface area contributed by atoms with E-state index in [2.05, 4.69) is 6.92 Å². The number of piperidine rings is 1. The van der Waals surface area contributed by atoms with Gasteiger partial charge in [-0.1, -0.05) is 31.9 Å². The lowest BCUT2D eigenvalue weighted by atomic mass is 9.88. The predicted molar refractivity (Wildman–Crippen MR) is 81.2 cm³/mol. The molecule has 1 fully saturated rings. The number of imide groups is 1. The van der Waals surface area contributed by atoms with Gasteiger partial charge < -0.3 is 4.74 Å². The largest absolute Gasteiger partial charge is 0.497 e. The maximum atomic E-state index is 12.2. The molecule has 2 rings (SSSR count). The van der Waals surface area contributed by atoms with Crippen LogP contribution in [0.2, 0.25) is 0 Å². The first-order valence-corrected chi connectivity index (χ1v) is 7.62. The number of nitrogens with zero attached hydrogens (tertiary/aromatic N) is 1. The zero-order valence-electron chi connectivity index (χ0n) is 12.8. The number of hydrogen-bond acceptors (Lipinski definition) is 3. The van der Waals surface area contributed by atoms with Crippen LogP contribution in [0.15, 0.2) is 24.3 Å². The van der Waals surface area contributed by atoms with E-state index < -0.39 is 0 Å². The van der Waals surface area contributed by atoms with Crippen molar-refractivity contribution in [3.63, 3.8) is 0 Å². The van der Waals surface area contributed by atoms with Gasteiger partial charge in [-0.05, 0) is 24.1 Å². The van der Waals surface area contributed by atoms with Gasteiger partial charge in [0, 0.05) is 25.3 Å². The molecule has 0 radical (unpaired) electrons. The molecule has 4 heteroatoms. The van der Waals surface area contributed by atoms with Crippen LogP contribution in [-0.2, 0) is 9.59 Å². The second kappa shape index (κ2) is 7.25. The lowest BCUT2D eigenvalue weighted by molar-refractivity contribution is -0.148. The number of hydrogen-bond donors (Lipinski definition) is 0. The van der Waals surface area contributed by atoms with Crippen molar-refractivity contribution in [2.24, 2.45) is 0 Å². The predicted octanol–water partition coefficient (Wildman–Crippen LogP) is 3.12. The number of ether oxygens (including phenoxy) is 1. The smallest absolute Gasteiger partial charge is 0.229 e. The first-order chi connectivity index (χ1) is 10.2. The highest BCUT2D eigenvalue weighted by molar-refractivity contribution is 5.98. The van der Waals surface area contributed by atoms with Crippen LogP contribution in [0.1, 0.15) is 50.5 Å². The lowest BCUT2D eigenvalue weighted by Crippen LogP contribution is -2.43. The van der Waals surface area contributed by atoms with Gasteiger partial charge in [-0.15, -0.1) is 0 Å². The van der Waals surface area contributed by atoms with Crippen molar-refractivity contribution in [1.82, 2.24) is 4.90 Å². The molecule has 1 aliphatic heterocycles. The summed E-state index contributed by atoms with van der Waals surface area (Å²) >= 11 is 0. The summed E-state index contributed by atoms with van der Waals surface area (Å²) in [4.78, 5) is 25.8. The van der Waals surface area contributed by atoms with Gasteiger partial charge in [0.2, 0.25) is 11.8 Å². The van der Waals surface area contributed by atoms with Gasteiger partial charge in [0.05, 0.1) is 7.11 Å². The van der Waals surface area contributed by atoms with Crippen molar-refractivity contribution in [3.8, 4) is 5.75 Å². The third-order valence-electron chi connectivity index (χ3n) is 4.02. The molecule has 4 nitrogen and oxygen atoms in total. The fourth-order valence-electron chi connectivity index (χ4n) is 2.73. The zero-order chi connectivity index (χ0) is 15.2. The van der Waals surface area contributed by atoms with E-state index in [1.807, 2.05) is 24.3 Å². The van der Waals surface area contributed by atoms with Crippen molar-refractivity contribution in [1.29, 1.82) is 0 Å². The normalized spacial score (nSPS) is 16.4. The van der Waals surface area contributed by atoms with Gasteiger partial charge in [-0.3, -0.25) is 14.5 Å². The Morgan fingerprint density at radius 3 is 2.24 bits per heavy atom. The Bertz CT molecular complexity index is 477. The summed E-state index contributed by atoms with van der Waals surface area (Å²) in [5.74, 6) is 0.707. The Kier molecular flexibility index (Phi) is 5.37. The maximum absolute atomic E-state index is 12.2. The molecule has 114 valence electrons. The van der Waals surface area contributed by atoms with Crippen LogP contribution < -0.4 is 4.74 Å². The van der Waals surface area contributed by atoms with E-state index in [9.17, 15) is 9.59 Å². The van der Waals surface area contributed by atoms with Crippen LogP contribution in [0.4, 0.5) is 0 Å². The van der Waals surface area contributed by atoms with Crippen LogP contribution in [0, 0.1) is 0 Å². The summed E-state index contributed by atoms with van der Waals surface area (Å²) in [7, 11) is 1.62. The second-order valence-corrected chi connectivity index (χ2v) is 5.52. The molecule has 0 unspecified atom stereocenters. The van der Waals surface area contributed by atoms with Crippen LogP contribution >= 0.6 is 0 Å². The third-order valence-corrected chi connectivity index (χ3v) is 4.02. The molecule has 1 aromatic rings. The topological polar surface area (TPSA) is 46.6 Å². The maximum Gasteiger partial charge on any atom is 0.229 e. The van der Waals surface area contributed by atoms with Crippen molar-refractivity contribution in [2.45, 2.75) is 44.9 Å². The molecule has 1 aliphatic rings. The summed E-state index contributed by atoms with van der Waals surface area (Å²) < 4.78 is 5.13. The third kappa shape index (κ3) is 3.84. The molecule has 21 heavy (non-hydrogen) atoms. The van der Waals surface area contributed by atoms with E-state index in [0.717, 1.165) is 30.6 Å². The molecule has 2 amide bonds. The second-order valence-electron chi connectivity index (χ2n) is 5.52. The molecule has 0 aliphatic carbocycles. The molecule has 0 atom stereocenters. The highest BCUT2D eigenvalue weighted by Crippen LogP contribution is 2.30. The Balaban J connectivity index is 2.00.